The summed E-state index contributed by atoms with van der Waals surface area (Å²) in [6, 6.07) is 17.4. The molecule has 25 heavy (non-hydrogen) atoms. The summed E-state index contributed by atoms with van der Waals surface area (Å²) in [5, 5.41) is 11.0. The number of nitrogens with zero attached hydrogens (tertiary/aromatic N) is 1. The van der Waals surface area contributed by atoms with Gasteiger partial charge < -0.3 is 14.6 Å². The molecule has 0 saturated carbocycles. The second kappa shape index (κ2) is 11.1. The second-order valence-electron chi connectivity index (χ2n) is 5.99. The lowest BCUT2D eigenvalue weighted by atomic mass is 10.2. The van der Waals surface area contributed by atoms with E-state index in [0.29, 0.717) is 23.9 Å². The predicted molar refractivity (Wildman–Crippen MR) is 101 cm³/mol. The first-order valence-corrected chi connectivity index (χ1v) is 8.87. The zero-order valence-corrected chi connectivity index (χ0v) is 15.4. The fourth-order valence-electron chi connectivity index (χ4n) is 2.58. The van der Waals surface area contributed by atoms with Crippen LogP contribution in [-0.4, -0.2) is 49.5 Å². The highest BCUT2D eigenvalue weighted by Crippen LogP contribution is 2.16. The molecule has 5 heteroatoms. The molecule has 0 aliphatic heterocycles. The van der Waals surface area contributed by atoms with Crippen molar-refractivity contribution in [3.05, 3.63) is 65.2 Å². The maximum Gasteiger partial charge on any atom is 0.119 e. The summed E-state index contributed by atoms with van der Waals surface area (Å²) >= 11 is 5.86. The average molecular weight is 364 g/mol. The van der Waals surface area contributed by atoms with Gasteiger partial charge in [0.1, 0.15) is 18.5 Å². The molecule has 0 aliphatic rings. The smallest absolute Gasteiger partial charge is 0.119 e. The predicted octanol–water partition coefficient (Wildman–Crippen LogP) is 3.62. The van der Waals surface area contributed by atoms with Gasteiger partial charge in [-0.25, -0.2) is 0 Å². The Morgan fingerprint density at radius 2 is 1.80 bits per heavy atom. The van der Waals surface area contributed by atoms with Crippen molar-refractivity contribution in [3.8, 4) is 5.75 Å². The summed E-state index contributed by atoms with van der Waals surface area (Å²) in [5.74, 6) is 0.706. The quantitative estimate of drug-likeness (QED) is 0.619. The molecule has 1 N–H and O–H groups in total. The maximum absolute atomic E-state index is 10.3. The van der Waals surface area contributed by atoms with E-state index in [1.807, 2.05) is 18.2 Å². The Kier molecular flexibility index (Phi) is 8.77. The minimum atomic E-state index is -0.568. The second-order valence-corrected chi connectivity index (χ2v) is 6.42. The summed E-state index contributed by atoms with van der Waals surface area (Å²) < 4.78 is 10.8. The van der Waals surface area contributed by atoms with Crippen molar-refractivity contribution in [2.45, 2.75) is 19.1 Å². The molecular weight excluding hydrogens is 338 g/mol. The van der Waals surface area contributed by atoms with Crippen LogP contribution in [0.25, 0.3) is 0 Å². The Morgan fingerprint density at radius 3 is 2.48 bits per heavy atom. The molecule has 4 nitrogen and oxygen atoms in total. The minimum absolute atomic E-state index is 0.247. The van der Waals surface area contributed by atoms with Gasteiger partial charge in [-0.05, 0) is 36.2 Å². The molecule has 0 aliphatic carbocycles. The zero-order chi connectivity index (χ0) is 17.9. The summed E-state index contributed by atoms with van der Waals surface area (Å²) in [7, 11) is 1.70. The van der Waals surface area contributed by atoms with Crippen LogP contribution in [0.3, 0.4) is 0 Å². The van der Waals surface area contributed by atoms with E-state index >= 15 is 0 Å². The van der Waals surface area contributed by atoms with E-state index in [2.05, 4.69) is 17.0 Å². The molecule has 0 spiro atoms. The van der Waals surface area contributed by atoms with E-state index in [0.717, 1.165) is 19.5 Å². The van der Waals surface area contributed by atoms with Crippen molar-refractivity contribution in [2.24, 2.45) is 0 Å². The van der Waals surface area contributed by atoms with Gasteiger partial charge in [0.05, 0.1) is 0 Å². The fraction of sp³-hybridized carbons (Fsp3) is 0.400. The SMILES string of the molecule is COCCCN(Cc1ccccc1)CC(O)COc1ccc(Cl)cc1. The van der Waals surface area contributed by atoms with Crippen LogP contribution in [0, 0.1) is 0 Å². The van der Waals surface area contributed by atoms with Gasteiger partial charge in [0, 0.05) is 38.4 Å². The van der Waals surface area contributed by atoms with E-state index in [-0.39, 0.29) is 6.61 Å². The van der Waals surface area contributed by atoms with Crippen LogP contribution >= 0.6 is 11.6 Å². The van der Waals surface area contributed by atoms with Crippen molar-refractivity contribution in [3.63, 3.8) is 0 Å². The highest BCUT2D eigenvalue weighted by Gasteiger charge is 2.13. The van der Waals surface area contributed by atoms with E-state index < -0.39 is 6.10 Å². The van der Waals surface area contributed by atoms with Crippen molar-refractivity contribution < 1.29 is 14.6 Å². The molecule has 2 rings (SSSR count). The Bertz CT molecular complexity index is 592. The third-order valence-corrected chi connectivity index (χ3v) is 4.05. The third-order valence-electron chi connectivity index (χ3n) is 3.80. The molecule has 0 bridgehead atoms. The Morgan fingerprint density at radius 1 is 1.08 bits per heavy atom. The van der Waals surface area contributed by atoms with Crippen LogP contribution in [0.5, 0.6) is 5.75 Å². The van der Waals surface area contributed by atoms with Gasteiger partial charge in [0.25, 0.3) is 0 Å². The van der Waals surface area contributed by atoms with Gasteiger partial charge in [-0.2, -0.15) is 0 Å². The number of halogens is 1. The van der Waals surface area contributed by atoms with E-state index in [4.69, 9.17) is 21.1 Å². The van der Waals surface area contributed by atoms with E-state index in [1.165, 1.54) is 5.56 Å². The monoisotopic (exact) mass is 363 g/mol. The van der Waals surface area contributed by atoms with Crippen LogP contribution in [0.4, 0.5) is 0 Å². The summed E-state index contributed by atoms with van der Waals surface area (Å²) in [6.07, 6.45) is 0.357. The maximum atomic E-state index is 10.3. The van der Waals surface area contributed by atoms with Crippen LogP contribution in [-0.2, 0) is 11.3 Å². The zero-order valence-electron chi connectivity index (χ0n) is 14.6. The lowest BCUT2D eigenvalue weighted by Gasteiger charge is -2.25. The third kappa shape index (κ3) is 7.88. The fourth-order valence-corrected chi connectivity index (χ4v) is 2.71. The van der Waals surface area contributed by atoms with Gasteiger partial charge in [0.2, 0.25) is 0 Å². The van der Waals surface area contributed by atoms with Crippen molar-refractivity contribution in [1.29, 1.82) is 0 Å². The number of aliphatic hydroxyl groups excluding tert-OH is 1. The number of methoxy groups -OCH3 is 1. The molecule has 0 saturated heterocycles. The number of benzene rings is 2. The van der Waals surface area contributed by atoms with Crippen LogP contribution in [0.1, 0.15) is 12.0 Å². The average Bonchev–Trinajstić information content (AvgIpc) is 2.62. The lowest BCUT2D eigenvalue weighted by Crippen LogP contribution is -2.36. The number of ether oxygens (including phenoxy) is 2. The van der Waals surface area contributed by atoms with Gasteiger partial charge in [-0.1, -0.05) is 41.9 Å². The van der Waals surface area contributed by atoms with Crippen molar-refractivity contribution >= 4 is 11.6 Å². The number of hydrogen-bond acceptors (Lipinski definition) is 4. The first-order chi connectivity index (χ1) is 12.2. The van der Waals surface area contributed by atoms with Crippen LogP contribution in [0.15, 0.2) is 54.6 Å². The Hall–Kier alpha value is -1.59. The van der Waals surface area contributed by atoms with Crippen LogP contribution in [0.2, 0.25) is 5.02 Å². The number of hydrogen-bond donors (Lipinski definition) is 1. The number of aliphatic hydroxyl groups is 1. The highest BCUT2D eigenvalue weighted by molar-refractivity contribution is 6.30. The molecular formula is C20H26ClNO3. The lowest BCUT2D eigenvalue weighted by molar-refractivity contribution is 0.0617. The Balaban J connectivity index is 1.84. The van der Waals surface area contributed by atoms with Gasteiger partial charge in [-0.15, -0.1) is 0 Å². The first-order valence-electron chi connectivity index (χ1n) is 8.49. The minimum Gasteiger partial charge on any atom is -0.491 e. The molecule has 1 unspecified atom stereocenters. The molecule has 2 aromatic rings. The Labute approximate surface area is 154 Å². The summed E-state index contributed by atoms with van der Waals surface area (Å²) in [5.41, 5.74) is 1.23. The summed E-state index contributed by atoms with van der Waals surface area (Å²) in [4.78, 5) is 2.23. The van der Waals surface area contributed by atoms with Crippen molar-refractivity contribution in [1.82, 2.24) is 4.90 Å². The first kappa shape index (κ1) is 19.7. The molecule has 1 atom stereocenters. The topological polar surface area (TPSA) is 41.9 Å². The molecule has 0 aromatic heterocycles. The molecule has 0 radical (unpaired) electrons. The van der Waals surface area contributed by atoms with E-state index in [1.54, 1.807) is 31.4 Å². The standard InChI is InChI=1S/C20H26ClNO3/c1-24-13-5-12-22(14-17-6-3-2-4-7-17)15-19(23)16-25-20-10-8-18(21)9-11-20/h2-4,6-11,19,23H,5,12-16H2,1H3. The molecule has 0 heterocycles. The molecule has 0 amide bonds. The number of rotatable bonds is 11. The molecule has 0 fully saturated rings. The highest BCUT2D eigenvalue weighted by atomic mass is 35.5. The summed E-state index contributed by atoms with van der Waals surface area (Å²) in [6.45, 7) is 3.16. The molecule has 136 valence electrons. The normalized spacial score (nSPS) is 12.3. The van der Waals surface area contributed by atoms with Gasteiger partial charge >= 0.3 is 0 Å². The van der Waals surface area contributed by atoms with Gasteiger partial charge in [0.15, 0.2) is 0 Å². The largest absolute Gasteiger partial charge is 0.491 e. The van der Waals surface area contributed by atoms with Crippen molar-refractivity contribution in [2.75, 3.05) is 33.4 Å². The van der Waals surface area contributed by atoms with Crippen LogP contribution < -0.4 is 4.74 Å². The van der Waals surface area contributed by atoms with E-state index in [9.17, 15) is 5.11 Å². The van der Waals surface area contributed by atoms with Gasteiger partial charge in [-0.3, -0.25) is 4.90 Å². The molecule has 2 aromatic carbocycles.